The molecule has 3 rings (SSSR count). The van der Waals surface area contributed by atoms with Crippen molar-refractivity contribution in [3.05, 3.63) is 35.6 Å². The van der Waals surface area contributed by atoms with Gasteiger partial charge in [0.15, 0.2) is 0 Å². The molecule has 23 heavy (non-hydrogen) atoms. The van der Waals surface area contributed by atoms with Crippen LogP contribution in [0.25, 0.3) is 0 Å². The highest BCUT2D eigenvalue weighted by Crippen LogP contribution is 2.48. The van der Waals surface area contributed by atoms with Crippen LogP contribution in [0.4, 0.5) is 4.39 Å². The lowest BCUT2D eigenvalue weighted by molar-refractivity contribution is -0.123. The number of benzene rings is 1. The van der Waals surface area contributed by atoms with E-state index >= 15 is 0 Å². The maximum absolute atomic E-state index is 13.0. The number of amides is 1. The zero-order chi connectivity index (χ0) is 16.5. The number of halogens is 1. The number of sulfonamides is 1. The van der Waals surface area contributed by atoms with Crippen LogP contribution in [0.2, 0.25) is 0 Å². The Morgan fingerprint density at radius 1 is 1.17 bits per heavy atom. The average molecular weight is 340 g/mol. The van der Waals surface area contributed by atoms with E-state index in [1.807, 2.05) is 0 Å². The Hall–Kier alpha value is -1.47. The number of carbonyl (C=O) groups is 1. The van der Waals surface area contributed by atoms with Gasteiger partial charge in [-0.3, -0.25) is 4.79 Å². The smallest absolute Gasteiger partial charge is 0.230 e. The summed E-state index contributed by atoms with van der Waals surface area (Å²) in [6, 6.07) is 5.95. The predicted octanol–water partition coefficient (Wildman–Crippen LogP) is 1.40. The molecule has 1 aromatic carbocycles. The SMILES string of the molecule is O=C(NCCS(=O)(=O)N1CCCC1)C1(c2ccc(F)cc2)CC1. The van der Waals surface area contributed by atoms with Crippen molar-refractivity contribution >= 4 is 15.9 Å². The van der Waals surface area contributed by atoms with Crippen molar-refractivity contribution in [2.45, 2.75) is 31.1 Å². The lowest BCUT2D eigenvalue weighted by Gasteiger charge is -2.18. The summed E-state index contributed by atoms with van der Waals surface area (Å²) < 4.78 is 38.7. The normalized spacial score (nSPS) is 20.4. The second kappa shape index (κ2) is 6.20. The molecule has 1 aliphatic carbocycles. The molecule has 1 saturated heterocycles. The first-order chi connectivity index (χ1) is 10.9. The van der Waals surface area contributed by atoms with Crippen molar-refractivity contribution in [2.24, 2.45) is 0 Å². The zero-order valence-corrected chi connectivity index (χ0v) is 13.7. The van der Waals surface area contributed by atoms with Crippen molar-refractivity contribution in [1.29, 1.82) is 0 Å². The highest BCUT2D eigenvalue weighted by atomic mass is 32.2. The van der Waals surface area contributed by atoms with Crippen LogP contribution in [0.1, 0.15) is 31.2 Å². The molecule has 1 saturated carbocycles. The topological polar surface area (TPSA) is 66.5 Å². The fourth-order valence-corrected chi connectivity index (χ4v) is 4.53. The molecule has 0 spiro atoms. The Labute approximate surface area is 135 Å². The summed E-state index contributed by atoms with van der Waals surface area (Å²) in [4.78, 5) is 12.4. The molecule has 126 valence electrons. The minimum absolute atomic E-state index is 0.0712. The van der Waals surface area contributed by atoms with E-state index < -0.39 is 15.4 Å². The lowest BCUT2D eigenvalue weighted by Crippen LogP contribution is -2.40. The number of hydrogen-bond acceptors (Lipinski definition) is 3. The molecule has 0 radical (unpaired) electrons. The summed E-state index contributed by atoms with van der Waals surface area (Å²) >= 11 is 0. The number of rotatable bonds is 6. The van der Waals surface area contributed by atoms with Gasteiger partial charge in [-0.15, -0.1) is 0 Å². The summed E-state index contributed by atoms with van der Waals surface area (Å²) in [5.41, 5.74) is 0.185. The maximum Gasteiger partial charge on any atom is 0.230 e. The minimum Gasteiger partial charge on any atom is -0.354 e. The van der Waals surface area contributed by atoms with Crippen molar-refractivity contribution < 1.29 is 17.6 Å². The van der Waals surface area contributed by atoms with Gasteiger partial charge in [-0.25, -0.2) is 17.1 Å². The van der Waals surface area contributed by atoms with E-state index in [-0.39, 0.29) is 24.0 Å². The molecule has 5 nitrogen and oxygen atoms in total. The summed E-state index contributed by atoms with van der Waals surface area (Å²) in [7, 11) is -3.28. The van der Waals surface area contributed by atoms with Crippen LogP contribution in [-0.2, 0) is 20.2 Å². The summed E-state index contributed by atoms with van der Waals surface area (Å²) in [6.07, 6.45) is 3.23. The van der Waals surface area contributed by atoms with Crippen molar-refractivity contribution in [1.82, 2.24) is 9.62 Å². The Kier molecular flexibility index (Phi) is 4.42. The second-order valence-corrected chi connectivity index (χ2v) is 8.36. The molecule has 0 bridgehead atoms. The van der Waals surface area contributed by atoms with Crippen LogP contribution in [0.15, 0.2) is 24.3 Å². The third-order valence-electron chi connectivity index (χ3n) is 4.69. The number of nitrogens with zero attached hydrogens (tertiary/aromatic N) is 1. The van der Waals surface area contributed by atoms with Gasteiger partial charge in [0, 0.05) is 19.6 Å². The molecule has 1 amide bonds. The van der Waals surface area contributed by atoms with Gasteiger partial charge in [-0.1, -0.05) is 12.1 Å². The fraction of sp³-hybridized carbons (Fsp3) is 0.562. The van der Waals surface area contributed by atoms with Crippen LogP contribution in [0.3, 0.4) is 0 Å². The first kappa shape index (κ1) is 16.4. The minimum atomic E-state index is -3.28. The monoisotopic (exact) mass is 340 g/mol. The van der Waals surface area contributed by atoms with E-state index in [4.69, 9.17) is 0 Å². The quantitative estimate of drug-likeness (QED) is 0.851. The molecular formula is C16H21FN2O3S. The third-order valence-corrected chi connectivity index (χ3v) is 6.56. The molecule has 2 aliphatic rings. The molecule has 1 N–H and O–H groups in total. The predicted molar refractivity (Wildman–Crippen MR) is 84.9 cm³/mol. The Morgan fingerprint density at radius 2 is 1.78 bits per heavy atom. The van der Waals surface area contributed by atoms with Gasteiger partial charge < -0.3 is 5.32 Å². The summed E-state index contributed by atoms with van der Waals surface area (Å²) in [5, 5.41) is 2.74. The van der Waals surface area contributed by atoms with Gasteiger partial charge in [-0.05, 0) is 43.4 Å². The van der Waals surface area contributed by atoms with E-state index in [1.54, 1.807) is 12.1 Å². The fourth-order valence-electron chi connectivity index (χ4n) is 3.10. The molecule has 1 aliphatic heterocycles. The Balaban J connectivity index is 1.56. The molecular weight excluding hydrogens is 319 g/mol. The van der Waals surface area contributed by atoms with Crippen LogP contribution < -0.4 is 5.32 Å². The molecule has 1 heterocycles. The van der Waals surface area contributed by atoms with Crippen LogP contribution in [0, 0.1) is 5.82 Å². The third kappa shape index (κ3) is 3.40. The van der Waals surface area contributed by atoms with E-state index in [9.17, 15) is 17.6 Å². The first-order valence-corrected chi connectivity index (χ1v) is 9.57. The van der Waals surface area contributed by atoms with Gasteiger partial charge in [-0.2, -0.15) is 0 Å². The molecule has 0 atom stereocenters. The summed E-state index contributed by atoms with van der Waals surface area (Å²) in [5.74, 6) is -0.569. The molecule has 7 heteroatoms. The first-order valence-electron chi connectivity index (χ1n) is 7.96. The molecule has 0 unspecified atom stereocenters. The van der Waals surface area contributed by atoms with E-state index in [0.717, 1.165) is 18.4 Å². The van der Waals surface area contributed by atoms with Crippen LogP contribution >= 0.6 is 0 Å². The average Bonchev–Trinajstić information content (AvgIpc) is 3.13. The summed E-state index contributed by atoms with van der Waals surface area (Å²) in [6.45, 7) is 1.27. The van der Waals surface area contributed by atoms with Crippen molar-refractivity contribution in [2.75, 3.05) is 25.4 Å². The van der Waals surface area contributed by atoms with Crippen molar-refractivity contribution in [3.63, 3.8) is 0 Å². The lowest BCUT2D eigenvalue weighted by atomic mass is 9.95. The van der Waals surface area contributed by atoms with E-state index in [2.05, 4.69) is 5.32 Å². The van der Waals surface area contributed by atoms with Crippen molar-refractivity contribution in [3.8, 4) is 0 Å². The van der Waals surface area contributed by atoms with E-state index in [1.165, 1.54) is 16.4 Å². The number of hydrogen-bond donors (Lipinski definition) is 1. The van der Waals surface area contributed by atoms with Crippen LogP contribution in [0.5, 0.6) is 0 Å². The molecule has 0 aromatic heterocycles. The number of carbonyl (C=O) groups excluding carboxylic acids is 1. The van der Waals surface area contributed by atoms with Crippen LogP contribution in [-0.4, -0.2) is 44.0 Å². The standard InChI is InChI=1S/C16H21FN2O3S/c17-14-5-3-13(4-6-14)16(7-8-16)15(20)18-9-12-23(21,22)19-10-1-2-11-19/h3-6H,1-2,7-12H2,(H,18,20). The zero-order valence-electron chi connectivity index (χ0n) is 12.9. The van der Waals surface area contributed by atoms with Gasteiger partial charge in [0.1, 0.15) is 5.82 Å². The van der Waals surface area contributed by atoms with Gasteiger partial charge in [0.2, 0.25) is 15.9 Å². The highest BCUT2D eigenvalue weighted by Gasteiger charge is 2.51. The molecule has 2 fully saturated rings. The largest absolute Gasteiger partial charge is 0.354 e. The van der Waals surface area contributed by atoms with Gasteiger partial charge >= 0.3 is 0 Å². The number of nitrogens with one attached hydrogen (secondary N) is 1. The second-order valence-electron chi connectivity index (χ2n) is 6.27. The molecule has 1 aromatic rings. The van der Waals surface area contributed by atoms with E-state index in [0.29, 0.717) is 25.9 Å². The van der Waals surface area contributed by atoms with Gasteiger partial charge in [0.25, 0.3) is 0 Å². The maximum atomic E-state index is 13.0. The Morgan fingerprint density at radius 3 is 2.35 bits per heavy atom. The Bertz CT molecular complexity index is 678. The van der Waals surface area contributed by atoms with Gasteiger partial charge in [0.05, 0.1) is 11.2 Å². The highest BCUT2D eigenvalue weighted by molar-refractivity contribution is 7.89.